The third-order valence-corrected chi connectivity index (χ3v) is 14.5. The predicted molar refractivity (Wildman–Crippen MR) is 212 cm³/mol. The first kappa shape index (κ1) is 35.2. The van der Waals surface area contributed by atoms with Gasteiger partial charge in [-0.05, 0) is 12.5 Å². The number of aromatic nitrogens is 4. The molecule has 0 spiro atoms. The Bertz CT molecular complexity index is 2220. The standard InChI is InChI=1S/C45H37N4OP.Os/c1-4-15-34-22-24-37(25-23-34)44-46-48-45(49-47-44)38-28-26-36(27-29-38)43(30-39-32-50-31-35(39)5-2)33(3)51(40-16-9-6-10-17-40,41-18-11-7-12-19-41)42-20-13-8-14-21-42;/h4-30H,31-32H2,1-2H3;/q+1;/b15-4+,35-5?,39-30?,43-33?;. The van der Waals surface area contributed by atoms with Crippen molar-refractivity contribution >= 4 is 34.8 Å². The van der Waals surface area contributed by atoms with Crippen LogP contribution in [0.15, 0.2) is 174 Å². The Balaban J connectivity index is 1.40. The van der Waals surface area contributed by atoms with Crippen LogP contribution in [0.1, 0.15) is 25.0 Å². The Hall–Kier alpha value is -5.19. The van der Waals surface area contributed by atoms with Gasteiger partial charge in [-0.2, -0.15) is 0 Å². The van der Waals surface area contributed by atoms with E-state index in [1.54, 1.807) is 17.9 Å². The van der Waals surface area contributed by atoms with Crippen molar-refractivity contribution < 1.29 is 22.7 Å². The molecule has 2 heterocycles. The molecule has 6 aromatic rings. The number of nitrogens with zero attached hydrogens (tertiary/aromatic N) is 4. The maximum absolute atomic E-state index is 5.98. The van der Waals surface area contributed by atoms with E-state index in [1.165, 1.54) is 32.4 Å². The Kier molecular flexibility index (Phi) is 11.1. The van der Waals surface area contributed by atoms with Crippen LogP contribution in [0, 0.1) is 4.37 Å². The summed E-state index contributed by atoms with van der Waals surface area (Å²) in [5.74, 6) is 0.963. The third-order valence-electron chi connectivity index (χ3n) is 9.16. The van der Waals surface area contributed by atoms with Gasteiger partial charge < -0.3 is 0 Å². The molecule has 1 saturated heterocycles. The summed E-state index contributed by atoms with van der Waals surface area (Å²) in [7, 11) is -2.46. The van der Waals surface area contributed by atoms with Crippen LogP contribution in [0.4, 0.5) is 0 Å². The number of hydrogen-bond acceptors (Lipinski definition) is 5. The molecule has 1 aliphatic heterocycles. The zero-order valence-corrected chi connectivity index (χ0v) is 32.4. The van der Waals surface area contributed by atoms with E-state index in [9.17, 15) is 0 Å². The first-order chi connectivity index (χ1) is 25.6. The zero-order valence-electron chi connectivity index (χ0n) is 29.0. The quantitative estimate of drug-likeness (QED) is 0.136. The van der Waals surface area contributed by atoms with Crippen LogP contribution < -0.4 is 15.9 Å². The van der Waals surface area contributed by atoms with E-state index < -0.39 is 7.26 Å². The van der Waals surface area contributed by atoms with Crippen LogP contribution in [-0.2, 0) is 22.7 Å². The number of rotatable bonds is 9. The van der Waals surface area contributed by atoms with Gasteiger partial charge in [0.05, 0.1) is 0 Å². The van der Waals surface area contributed by atoms with Crippen LogP contribution >= 0.6 is 7.26 Å². The summed E-state index contributed by atoms with van der Waals surface area (Å²) < 4.78 is 9.81. The summed E-state index contributed by atoms with van der Waals surface area (Å²) in [5.41, 5.74) is 7.39. The van der Waals surface area contributed by atoms with Crippen molar-refractivity contribution in [1.82, 2.24) is 20.4 Å². The Morgan fingerprint density at radius 1 is 0.615 bits per heavy atom. The number of allylic oxidation sites excluding steroid dienone is 5. The van der Waals surface area contributed by atoms with E-state index in [1.807, 2.05) is 37.3 Å². The van der Waals surface area contributed by atoms with Crippen LogP contribution in [0.5, 0.6) is 0 Å². The van der Waals surface area contributed by atoms with Gasteiger partial charge in [-0.15, -0.1) is 0 Å². The molecule has 255 valence electrons. The predicted octanol–water partition coefficient (Wildman–Crippen LogP) is 8.75. The number of ether oxygens (including phenoxy) is 1. The van der Waals surface area contributed by atoms with E-state index in [-0.39, 0.29) is 0 Å². The molecule has 1 aliphatic rings. The third kappa shape index (κ3) is 7.13. The molecule has 0 N–H and O–H groups in total. The molecule has 5 aromatic carbocycles. The molecule has 1 aromatic heterocycles. The monoisotopic (exact) mass is 872 g/mol. The normalized spacial score (nSPS) is 15.2. The fraction of sp³-hybridized carbons (Fsp3) is 0.0889. The van der Waals surface area contributed by atoms with Crippen molar-refractivity contribution in [3.05, 3.63) is 185 Å². The minimum absolute atomic E-state index is 0.472. The van der Waals surface area contributed by atoms with E-state index in [2.05, 4.69) is 165 Å². The molecule has 0 atom stereocenters. The summed E-state index contributed by atoms with van der Waals surface area (Å²) >= 11 is 1.79. The van der Waals surface area contributed by atoms with Crippen molar-refractivity contribution in [1.29, 1.82) is 0 Å². The summed E-state index contributed by atoms with van der Waals surface area (Å²) in [6, 6.07) is 49.3. The Labute approximate surface area is 315 Å². The average molecular weight is 871 g/mol. The second-order valence-corrected chi connectivity index (χ2v) is 16.2. The van der Waals surface area contributed by atoms with Crippen molar-refractivity contribution in [3.8, 4) is 27.1 Å². The topological polar surface area (TPSA) is 60.8 Å². The summed E-state index contributed by atoms with van der Waals surface area (Å²) in [6.07, 6.45) is 8.55. The van der Waals surface area contributed by atoms with Crippen molar-refractivity contribution in [2.45, 2.75) is 13.8 Å². The second-order valence-electron chi connectivity index (χ2n) is 12.3. The van der Waals surface area contributed by atoms with Gasteiger partial charge in [0.15, 0.2) is 0 Å². The second kappa shape index (κ2) is 16.4. The molecule has 0 saturated carbocycles. The van der Waals surface area contributed by atoms with Crippen molar-refractivity contribution in [2.24, 2.45) is 0 Å². The SMILES string of the molecule is CC=C1COCC1=CC(=C([C]#[Os])[P+](c1ccccc1)(c1ccccc1)c1ccccc1)c1ccc(-c2nnc(-c3ccc(/C=C/C)cc3)nn2)cc1. The molecule has 5 nitrogen and oxygen atoms in total. The van der Waals surface area contributed by atoms with Gasteiger partial charge in [-0.25, -0.2) is 0 Å². The van der Waals surface area contributed by atoms with Crippen LogP contribution in [0.25, 0.3) is 34.4 Å². The van der Waals surface area contributed by atoms with Gasteiger partial charge in [-0.3, -0.25) is 0 Å². The fourth-order valence-electron chi connectivity index (χ4n) is 6.59. The molecule has 0 unspecified atom stereocenters. The molecular formula is C45H37N4OOsP+. The summed E-state index contributed by atoms with van der Waals surface area (Å²) in [4.78, 5) is 0. The van der Waals surface area contributed by atoms with Gasteiger partial charge >= 0.3 is 269 Å². The molecular weight excluding hydrogens is 834 g/mol. The van der Waals surface area contributed by atoms with Crippen molar-refractivity contribution in [3.63, 3.8) is 0 Å². The summed E-state index contributed by atoms with van der Waals surface area (Å²) in [5, 5.41) is 22.8. The Morgan fingerprint density at radius 2 is 1.08 bits per heavy atom. The fourth-order valence-corrected chi connectivity index (χ4v) is 12.4. The molecule has 7 heteroatoms. The molecule has 0 bridgehead atoms. The molecule has 1 fully saturated rings. The van der Waals surface area contributed by atoms with Crippen LogP contribution in [0.2, 0.25) is 0 Å². The van der Waals surface area contributed by atoms with E-state index in [4.69, 9.17) is 4.74 Å². The van der Waals surface area contributed by atoms with Gasteiger partial charge in [0.25, 0.3) is 0 Å². The average Bonchev–Trinajstić information content (AvgIpc) is 3.68. The molecule has 0 aliphatic carbocycles. The molecule has 7 rings (SSSR count). The van der Waals surface area contributed by atoms with E-state index in [0.29, 0.717) is 24.9 Å². The van der Waals surface area contributed by atoms with Gasteiger partial charge in [0.1, 0.15) is 0 Å². The van der Waals surface area contributed by atoms with Gasteiger partial charge in [0, 0.05) is 0 Å². The van der Waals surface area contributed by atoms with Crippen LogP contribution in [0.3, 0.4) is 0 Å². The van der Waals surface area contributed by atoms with Crippen molar-refractivity contribution in [2.75, 3.05) is 13.2 Å². The van der Waals surface area contributed by atoms with E-state index >= 15 is 0 Å². The minimum atomic E-state index is -2.46. The van der Waals surface area contributed by atoms with Gasteiger partial charge in [0.2, 0.25) is 0 Å². The van der Waals surface area contributed by atoms with Crippen LogP contribution in [-0.4, -0.2) is 33.6 Å². The zero-order chi connectivity index (χ0) is 35.8. The first-order valence-corrected chi connectivity index (χ1v) is 20.2. The number of benzene rings is 5. The molecule has 0 radical (unpaired) electrons. The molecule has 0 amide bonds. The Morgan fingerprint density at radius 3 is 1.52 bits per heavy atom. The summed E-state index contributed by atoms with van der Waals surface area (Å²) in [6.45, 7) is 5.25. The molecule has 52 heavy (non-hydrogen) atoms. The van der Waals surface area contributed by atoms with E-state index in [0.717, 1.165) is 27.8 Å². The maximum atomic E-state index is 5.98. The van der Waals surface area contributed by atoms with Gasteiger partial charge in [-0.1, -0.05) is 36.4 Å². The number of hydrogen-bond donors (Lipinski definition) is 0. The first-order valence-electron chi connectivity index (χ1n) is 17.2.